The number of benzene rings is 3. The van der Waals surface area contributed by atoms with Gasteiger partial charge in [0.15, 0.2) is 0 Å². The van der Waals surface area contributed by atoms with E-state index >= 15 is 0 Å². The Morgan fingerprint density at radius 3 is 2.32 bits per heavy atom. The maximum atomic E-state index is 12.6. The molecule has 1 amide bonds. The molecule has 0 radical (unpaired) electrons. The number of ether oxygens (including phenoxy) is 1. The summed E-state index contributed by atoms with van der Waals surface area (Å²) < 4.78 is 5.40. The summed E-state index contributed by atoms with van der Waals surface area (Å²) >= 11 is 0. The highest BCUT2D eigenvalue weighted by molar-refractivity contribution is 6.01. The number of anilines is 1. The van der Waals surface area contributed by atoms with E-state index in [2.05, 4.69) is 10.2 Å². The Bertz CT molecular complexity index is 862. The van der Waals surface area contributed by atoms with Crippen LogP contribution in [0.2, 0.25) is 0 Å². The molecule has 0 atom stereocenters. The molecule has 0 aliphatic heterocycles. The van der Waals surface area contributed by atoms with Crippen molar-refractivity contribution in [1.29, 1.82) is 0 Å². The largest absolute Gasteiger partial charge is 0.496 e. The molecule has 0 aliphatic carbocycles. The van der Waals surface area contributed by atoms with Crippen LogP contribution >= 0.6 is 0 Å². The minimum absolute atomic E-state index is 0.121. The minimum atomic E-state index is -0.121. The van der Waals surface area contributed by atoms with Crippen molar-refractivity contribution in [3.63, 3.8) is 0 Å². The van der Waals surface area contributed by atoms with Crippen molar-refractivity contribution in [3.05, 3.63) is 72.3 Å². The summed E-state index contributed by atoms with van der Waals surface area (Å²) in [6.07, 6.45) is 0. The van der Waals surface area contributed by atoms with E-state index in [0.29, 0.717) is 17.9 Å². The van der Waals surface area contributed by atoms with Crippen LogP contribution < -0.4 is 15.0 Å². The maximum Gasteiger partial charge on any atom is 0.255 e. The van der Waals surface area contributed by atoms with Crippen LogP contribution in [0.5, 0.6) is 5.75 Å². The van der Waals surface area contributed by atoms with Gasteiger partial charge in [0.05, 0.1) is 12.7 Å². The normalized spacial score (nSPS) is 10.5. The van der Waals surface area contributed by atoms with Gasteiger partial charge in [-0.3, -0.25) is 4.79 Å². The van der Waals surface area contributed by atoms with Crippen molar-refractivity contribution in [2.24, 2.45) is 0 Å². The number of nitrogens with zero attached hydrogens (tertiary/aromatic N) is 1. The Hall–Kier alpha value is -3.01. The first-order chi connectivity index (χ1) is 12.2. The molecule has 0 fully saturated rings. The van der Waals surface area contributed by atoms with Crippen LogP contribution in [0.15, 0.2) is 66.7 Å². The highest BCUT2D eigenvalue weighted by atomic mass is 16.5. The summed E-state index contributed by atoms with van der Waals surface area (Å²) in [4.78, 5) is 14.7. The number of fused-ring (bicyclic) bond motifs is 1. The summed E-state index contributed by atoms with van der Waals surface area (Å²) in [6.45, 7) is 1.28. The number of carbonyl (C=O) groups is 1. The molecule has 3 rings (SSSR count). The zero-order valence-corrected chi connectivity index (χ0v) is 14.5. The molecule has 4 heteroatoms. The predicted molar refractivity (Wildman–Crippen MR) is 103 cm³/mol. The smallest absolute Gasteiger partial charge is 0.255 e. The zero-order chi connectivity index (χ0) is 17.6. The molecule has 0 aliphatic rings. The van der Waals surface area contributed by atoms with Crippen molar-refractivity contribution in [2.45, 2.75) is 0 Å². The molecule has 1 N–H and O–H groups in total. The molecular formula is C21H22N2O2. The van der Waals surface area contributed by atoms with Gasteiger partial charge in [-0.2, -0.15) is 0 Å². The second kappa shape index (κ2) is 7.71. The number of amides is 1. The first kappa shape index (κ1) is 16.8. The lowest BCUT2D eigenvalue weighted by Gasteiger charge is -2.19. The van der Waals surface area contributed by atoms with E-state index in [1.807, 2.05) is 73.8 Å². The number of likely N-dealkylation sites (N-methyl/N-ethyl adjacent to an activating group) is 1. The Kier molecular flexibility index (Phi) is 5.19. The van der Waals surface area contributed by atoms with Crippen molar-refractivity contribution in [1.82, 2.24) is 5.32 Å². The molecule has 0 aromatic heterocycles. The minimum Gasteiger partial charge on any atom is -0.496 e. The standard InChI is InChI=1S/C21H22N2O2/c1-23(18-10-4-3-5-11-18)13-12-22-21(24)19-14-16-8-6-7-9-17(16)15-20(19)25-2/h3-11,14-15H,12-13H2,1-2H3,(H,22,24). The van der Waals surface area contributed by atoms with Crippen molar-refractivity contribution >= 4 is 22.4 Å². The maximum absolute atomic E-state index is 12.6. The molecule has 3 aromatic carbocycles. The molecule has 4 nitrogen and oxygen atoms in total. The first-order valence-electron chi connectivity index (χ1n) is 8.30. The van der Waals surface area contributed by atoms with Crippen LogP contribution in [-0.2, 0) is 0 Å². The van der Waals surface area contributed by atoms with Crippen molar-refractivity contribution < 1.29 is 9.53 Å². The summed E-state index contributed by atoms with van der Waals surface area (Å²) in [7, 11) is 3.60. The van der Waals surface area contributed by atoms with E-state index in [0.717, 1.165) is 23.0 Å². The third-order valence-corrected chi connectivity index (χ3v) is 4.24. The first-order valence-corrected chi connectivity index (χ1v) is 8.30. The van der Waals surface area contributed by atoms with Gasteiger partial charge in [-0.1, -0.05) is 42.5 Å². The third-order valence-electron chi connectivity index (χ3n) is 4.24. The van der Waals surface area contributed by atoms with Gasteiger partial charge in [-0.05, 0) is 35.0 Å². The monoisotopic (exact) mass is 334 g/mol. The van der Waals surface area contributed by atoms with Crippen LogP contribution in [0.25, 0.3) is 10.8 Å². The molecule has 0 saturated heterocycles. The fraction of sp³-hybridized carbons (Fsp3) is 0.190. The Morgan fingerprint density at radius 1 is 1.00 bits per heavy atom. The highest BCUT2D eigenvalue weighted by Crippen LogP contribution is 2.25. The number of hydrogen-bond acceptors (Lipinski definition) is 3. The molecule has 0 unspecified atom stereocenters. The summed E-state index contributed by atoms with van der Waals surface area (Å²) in [5, 5.41) is 5.06. The zero-order valence-electron chi connectivity index (χ0n) is 14.5. The van der Waals surface area contributed by atoms with Gasteiger partial charge >= 0.3 is 0 Å². The van der Waals surface area contributed by atoms with E-state index in [1.165, 1.54) is 0 Å². The van der Waals surface area contributed by atoms with Gasteiger partial charge in [0.2, 0.25) is 0 Å². The molecular weight excluding hydrogens is 312 g/mol. The van der Waals surface area contributed by atoms with Gasteiger partial charge in [-0.15, -0.1) is 0 Å². The van der Waals surface area contributed by atoms with Gasteiger partial charge in [0.1, 0.15) is 5.75 Å². The fourth-order valence-corrected chi connectivity index (χ4v) is 2.81. The number of carbonyl (C=O) groups excluding carboxylic acids is 1. The van der Waals surface area contributed by atoms with Crippen molar-refractivity contribution in [2.75, 3.05) is 32.1 Å². The van der Waals surface area contributed by atoms with Crippen molar-refractivity contribution in [3.8, 4) is 5.75 Å². The molecule has 3 aromatic rings. The van der Waals surface area contributed by atoms with Crippen LogP contribution in [0.4, 0.5) is 5.69 Å². The van der Waals surface area contributed by atoms with E-state index in [4.69, 9.17) is 4.74 Å². The molecule has 0 heterocycles. The average Bonchev–Trinajstić information content (AvgIpc) is 2.67. The van der Waals surface area contributed by atoms with Gasteiger partial charge < -0.3 is 15.0 Å². The number of nitrogens with one attached hydrogen (secondary N) is 1. The summed E-state index contributed by atoms with van der Waals surface area (Å²) in [5.74, 6) is 0.469. The van der Waals surface area contributed by atoms with Crippen LogP contribution in [0, 0.1) is 0 Å². The molecule has 0 bridgehead atoms. The number of para-hydroxylation sites is 1. The van der Waals surface area contributed by atoms with E-state index in [-0.39, 0.29) is 5.91 Å². The quantitative estimate of drug-likeness (QED) is 0.747. The second-order valence-electron chi connectivity index (χ2n) is 5.91. The van der Waals surface area contributed by atoms with E-state index in [9.17, 15) is 4.79 Å². The Morgan fingerprint density at radius 2 is 1.64 bits per heavy atom. The highest BCUT2D eigenvalue weighted by Gasteiger charge is 2.13. The lowest BCUT2D eigenvalue weighted by atomic mass is 10.1. The lowest BCUT2D eigenvalue weighted by Crippen LogP contribution is -2.33. The molecule has 25 heavy (non-hydrogen) atoms. The fourth-order valence-electron chi connectivity index (χ4n) is 2.81. The Labute approximate surface area is 148 Å². The summed E-state index contributed by atoms with van der Waals surface area (Å²) in [5.41, 5.74) is 1.68. The topological polar surface area (TPSA) is 41.6 Å². The SMILES string of the molecule is COc1cc2ccccc2cc1C(=O)NCCN(C)c1ccccc1. The number of methoxy groups -OCH3 is 1. The average molecular weight is 334 g/mol. The molecule has 0 spiro atoms. The third kappa shape index (κ3) is 3.91. The molecule has 128 valence electrons. The Balaban J connectivity index is 1.68. The lowest BCUT2D eigenvalue weighted by molar-refractivity contribution is 0.0952. The van der Waals surface area contributed by atoms with Crippen LogP contribution in [0.1, 0.15) is 10.4 Å². The van der Waals surface area contributed by atoms with Crippen LogP contribution in [0.3, 0.4) is 0 Å². The van der Waals surface area contributed by atoms with E-state index < -0.39 is 0 Å². The van der Waals surface area contributed by atoms with Gasteiger partial charge in [0.25, 0.3) is 5.91 Å². The van der Waals surface area contributed by atoms with Gasteiger partial charge in [0, 0.05) is 25.8 Å². The van der Waals surface area contributed by atoms with E-state index in [1.54, 1.807) is 7.11 Å². The summed E-state index contributed by atoms with van der Waals surface area (Å²) in [6, 6.07) is 21.8. The predicted octanol–water partition coefficient (Wildman–Crippen LogP) is 3.71. The van der Waals surface area contributed by atoms with Gasteiger partial charge in [-0.25, -0.2) is 0 Å². The van der Waals surface area contributed by atoms with Crippen LogP contribution in [-0.4, -0.2) is 33.2 Å². The second-order valence-corrected chi connectivity index (χ2v) is 5.91. The molecule has 0 saturated carbocycles. The number of rotatable bonds is 6. The number of hydrogen-bond donors (Lipinski definition) is 1.